The molecule has 0 fully saturated rings. The van der Waals surface area contributed by atoms with Gasteiger partial charge in [-0.1, -0.05) is 83.3 Å². The van der Waals surface area contributed by atoms with Gasteiger partial charge >= 0.3 is 0 Å². The van der Waals surface area contributed by atoms with Crippen LogP contribution in [0, 0.1) is 17.2 Å². The van der Waals surface area contributed by atoms with Gasteiger partial charge in [-0.05, 0) is 65.7 Å². The van der Waals surface area contributed by atoms with Crippen molar-refractivity contribution in [3.8, 4) is 6.07 Å². The first-order chi connectivity index (χ1) is 20.6. The van der Waals surface area contributed by atoms with Crippen molar-refractivity contribution in [2.24, 2.45) is 5.92 Å². The molecular formula is C32H31BrCl2N6OS. The predicted octanol–water partition coefficient (Wildman–Crippen LogP) is 7.45. The lowest BCUT2D eigenvalue weighted by Gasteiger charge is -2.33. The third kappa shape index (κ3) is 9.28. The molecule has 0 aliphatic heterocycles. The van der Waals surface area contributed by atoms with Crippen molar-refractivity contribution < 1.29 is 4.79 Å². The van der Waals surface area contributed by atoms with Crippen LogP contribution in [0.5, 0.6) is 0 Å². The van der Waals surface area contributed by atoms with Gasteiger partial charge in [-0.25, -0.2) is 4.98 Å². The molecule has 4 aromatic rings. The van der Waals surface area contributed by atoms with Gasteiger partial charge in [0.1, 0.15) is 0 Å². The SMILES string of the molecule is CC(C)[C@@H](CN(Cc1cccc(Cl)c1Cl)C(=S)Nc1cccc(Br)c1)NC(=O)Cc1cncn1Cc1ccc(C#N)cc1. The van der Waals surface area contributed by atoms with Crippen LogP contribution >= 0.6 is 51.3 Å². The van der Waals surface area contributed by atoms with E-state index in [-0.39, 0.29) is 24.3 Å². The molecule has 0 saturated carbocycles. The molecule has 0 aliphatic rings. The van der Waals surface area contributed by atoms with Crippen molar-refractivity contribution >= 4 is 68.1 Å². The Morgan fingerprint density at radius 2 is 1.88 bits per heavy atom. The Bertz CT molecular complexity index is 1620. The smallest absolute Gasteiger partial charge is 0.226 e. The Labute approximate surface area is 276 Å². The molecule has 0 aliphatic carbocycles. The number of hydrogen-bond acceptors (Lipinski definition) is 4. The van der Waals surface area contributed by atoms with E-state index >= 15 is 0 Å². The van der Waals surface area contributed by atoms with Crippen LogP contribution in [0.2, 0.25) is 10.0 Å². The van der Waals surface area contributed by atoms with Crippen molar-refractivity contribution in [2.45, 2.75) is 39.4 Å². The number of nitriles is 1. The number of thiocarbonyl (C=S) groups is 1. The average molecular weight is 699 g/mol. The number of nitrogens with one attached hydrogen (secondary N) is 2. The second kappa shape index (κ2) is 15.3. The summed E-state index contributed by atoms with van der Waals surface area (Å²) in [4.78, 5) is 19.6. The summed E-state index contributed by atoms with van der Waals surface area (Å²) in [5.74, 6) is -0.00889. The van der Waals surface area contributed by atoms with Crippen LogP contribution in [0.25, 0.3) is 0 Å². The summed E-state index contributed by atoms with van der Waals surface area (Å²) in [6.45, 7) is 5.52. The monoisotopic (exact) mass is 696 g/mol. The predicted molar refractivity (Wildman–Crippen MR) is 180 cm³/mol. The van der Waals surface area contributed by atoms with Crippen molar-refractivity contribution in [1.29, 1.82) is 5.26 Å². The largest absolute Gasteiger partial charge is 0.351 e. The van der Waals surface area contributed by atoms with Gasteiger partial charge in [0, 0.05) is 47.7 Å². The molecule has 0 radical (unpaired) electrons. The minimum absolute atomic E-state index is 0.110. The third-order valence-corrected chi connectivity index (χ3v) is 8.61. The second-order valence-corrected chi connectivity index (χ2v) is 12.5. The molecule has 0 unspecified atom stereocenters. The Balaban J connectivity index is 1.48. The number of carbonyl (C=O) groups is 1. The fourth-order valence-corrected chi connectivity index (χ4v) is 5.50. The lowest BCUT2D eigenvalue weighted by Crippen LogP contribution is -2.49. The number of carbonyl (C=O) groups excluding carboxylic acids is 1. The number of hydrogen-bond donors (Lipinski definition) is 2. The summed E-state index contributed by atoms with van der Waals surface area (Å²) in [5.41, 5.74) is 4.07. The summed E-state index contributed by atoms with van der Waals surface area (Å²) in [6, 6.07) is 22.6. The Hall–Kier alpha value is -3.42. The summed E-state index contributed by atoms with van der Waals surface area (Å²) in [6.07, 6.45) is 3.59. The number of aromatic nitrogens is 2. The van der Waals surface area contributed by atoms with Gasteiger partial charge in [0.15, 0.2) is 5.11 Å². The van der Waals surface area contributed by atoms with E-state index in [4.69, 9.17) is 40.7 Å². The molecule has 1 aromatic heterocycles. The van der Waals surface area contributed by atoms with E-state index in [1.807, 2.05) is 58.0 Å². The van der Waals surface area contributed by atoms with Crippen LogP contribution in [0.1, 0.15) is 36.2 Å². The maximum absolute atomic E-state index is 13.4. The maximum atomic E-state index is 13.4. The molecular weight excluding hydrogens is 667 g/mol. The zero-order chi connectivity index (χ0) is 30.9. The van der Waals surface area contributed by atoms with Gasteiger partial charge in [0.25, 0.3) is 0 Å². The van der Waals surface area contributed by atoms with Crippen LogP contribution in [0.3, 0.4) is 0 Å². The summed E-state index contributed by atoms with van der Waals surface area (Å²) in [7, 11) is 0. The van der Waals surface area contributed by atoms with E-state index < -0.39 is 0 Å². The molecule has 1 atom stereocenters. The highest BCUT2D eigenvalue weighted by Gasteiger charge is 2.23. The summed E-state index contributed by atoms with van der Waals surface area (Å²) < 4.78 is 2.87. The van der Waals surface area contributed by atoms with E-state index in [1.165, 1.54) is 0 Å². The lowest BCUT2D eigenvalue weighted by atomic mass is 10.0. The molecule has 2 N–H and O–H groups in total. The van der Waals surface area contributed by atoms with E-state index in [2.05, 4.69) is 51.5 Å². The van der Waals surface area contributed by atoms with Gasteiger partial charge in [-0.3, -0.25) is 4.79 Å². The highest BCUT2D eigenvalue weighted by molar-refractivity contribution is 9.10. The molecule has 7 nitrogen and oxygen atoms in total. The van der Waals surface area contributed by atoms with Crippen LogP contribution in [-0.2, 0) is 24.3 Å². The van der Waals surface area contributed by atoms with E-state index in [1.54, 1.807) is 30.7 Å². The second-order valence-electron chi connectivity index (χ2n) is 10.5. The zero-order valence-electron chi connectivity index (χ0n) is 23.7. The fourth-order valence-electron chi connectivity index (χ4n) is 4.47. The first-order valence-corrected chi connectivity index (χ1v) is 15.6. The fraction of sp³-hybridized carbons (Fsp3) is 0.250. The van der Waals surface area contributed by atoms with E-state index in [0.717, 1.165) is 27.0 Å². The van der Waals surface area contributed by atoms with Crippen LogP contribution in [0.4, 0.5) is 5.69 Å². The number of nitrogens with zero attached hydrogens (tertiary/aromatic N) is 4. The third-order valence-electron chi connectivity index (χ3n) is 6.90. The highest BCUT2D eigenvalue weighted by atomic mass is 79.9. The maximum Gasteiger partial charge on any atom is 0.226 e. The molecule has 222 valence electrons. The summed E-state index contributed by atoms with van der Waals surface area (Å²) >= 11 is 22.2. The minimum atomic E-state index is -0.220. The number of benzene rings is 3. The Morgan fingerprint density at radius 3 is 2.58 bits per heavy atom. The van der Waals surface area contributed by atoms with Crippen molar-refractivity contribution in [3.05, 3.63) is 116 Å². The van der Waals surface area contributed by atoms with Gasteiger partial charge < -0.3 is 20.1 Å². The molecule has 0 bridgehead atoms. The number of anilines is 1. The number of halogens is 3. The lowest BCUT2D eigenvalue weighted by molar-refractivity contribution is -0.121. The molecule has 43 heavy (non-hydrogen) atoms. The molecule has 0 saturated heterocycles. The van der Waals surface area contributed by atoms with Gasteiger partial charge in [-0.2, -0.15) is 5.26 Å². The Kier molecular flexibility index (Phi) is 11.6. The summed E-state index contributed by atoms with van der Waals surface area (Å²) in [5, 5.41) is 17.0. The number of imidazole rings is 1. The van der Waals surface area contributed by atoms with Gasteiger partial charge in [-0.15, -0.1) is 0 Å². The van der Waals surface area contributed by atoms with Crippen LogP contribution in [0.15, 0.2) is 83.7 Å². The number of amides is 1. The van der Waals surface area contributed by atoms with Crippen molar-refractivity contribution in [2.75, 3.05) is 11.9 Å². The molecule has 1 amide bonds. The topological polar surface area (TPSA) is 86.0 Å². The first kappa shape index (κ1) is 32.5. The van der Waals surface area contributed by atoms with Crippen LogP contribution in [-0.4, -0.2) is 38.1 Å². The van der Waals surface area contributed by atoms with Crippen molar-refractivity contribution in [3.63, 3.8) is 0 Å². The highest BCUT2D eigenvalue weighted by Crippen LogP contribution is 2.27. The molecule has 0 spiro atoms. The van der Waals surface area contributed by atoms with Crippen LogP contribution < -0.4 is 10.6 Å². The first-order valence-electron chi connectivity index (χ1n) is 13.6. The molecule has 3 aromatic carbocycles. The zero-order valence-corrected chi connectivity index (χ0v) is 27.6. The normalized spacial score (nSPS) is 11.6. The molecule has 11 heteroatoms. The van der Waals surface area contributed by atoms with Gasteiger partial charge in [0.05, 0.1) is 34.4 Å². The van der Waals surface area contributed by atoms with E-state index in [0.29, 0.717) is 40.4 Å². The average Bonchev–Trinajstić information content (AvgIpc) is 3.40. The molecule has 4 rings (SSSR count). The quantitative estimate of drug-likeness (QED) is 0.158. The van der Waals surface area contributed by atoms with E-state index in [9.17, 15) is 4.79 Å². The Morgan fingerprint density at radius 1 is 1.14 bits per heavy atom. The van der Waals surface area contributed by atoms with Crippen molar-refractivity contribution in [1.82, 2.24) is 19.8 Å². The number of rotatable bonds is 11. The standard InChI is InChI=1S/C32H31BrCl2N6OS/c1-21(2)29(39-30(42)14-27-16-37-20-41(27)17-23-11-9-22(15-36)10-12-23)19-40(18-24-5-3-8-28(34)31(24)35)32(43)38-26-7-4-6-25(33)13-26/h3-13,16,20-21,29H,14,17-19H2,1-2H3,(H,38,43)(H,39,42)/t29-/m1/s1. The molecule has 1 heterocycles. The minimum Gasteiger partial charge on any atom is -0.351 e. The van der Waals surface area contributed by atoms with Gasteiger partial charge in [0.2, 0.25) is 5.91 Å².